The smallest absolute Gasteiger partial charge is 0.430 e. The first kappa shape index (κ1) is 13.3. The Morgan fingerprint density at radius 1 is 1.42 bits per heavy atom. The average Bonchev–Trinajstić information content (AvgIpc) is 2.26. The predicted molar refractivity (Wildman–Crippen MR) is 56.6 cm³/mol. The molecule has 1 N–H and O–H groups in total. The van der Waals surface area contributed by atoms with Crippen LogP contribution in [0.15, 0.2) is 23.8 Å². The van der Waals surface area contributed by atoms with Gasteiger partial charge in [0.05, 0.1) is 5.57 Å². The minimum absolute atomic E-state index is 0.0592. The molecule has 7 heteroatoms. The number of alkyl halides is 3. The summed E-state index contributed by atoms with van der Waals surface area (Å²) < 4.78 is 43.1. The van der Waals surface area contributed by atoms with Crippen molar-refractivity contribution >= 4 is 11.5 Å². The Morgan fingerprint density at radius 3 is 2.58 bits per heavy atom. The summed E-state index contributed by atoms with van der Waals surface area (Å²) in [5.74, 6) is -2.46. The van der Waals surface area contributed by atoms with E-state index in [1.807, 2.05) is 0 Å². The second-order valence-electron chi connectivity index (χ2n) is 4.04. The van der Waals surface area contributed by atoms with Crippen LogP contribution in [0.3, 0.4) is 0 Å². The number of halogens is 3. The maximum absolute atomic E-state index is 12.8. The second-order valence-corrected chi connectivity index (χ2v) is 4.04. The number of ether oxygens (including phenoxy) is 1. The molecule has 0 bridgehead atoms. The monoisotopic (exact) mass is 273 g/mol. The number of carboxylic acid groups (broad SMARTS) is 1. The van der Waals surface area contributed by atoms with Gasteiger partial charge in [-0.15, -0.1) is 5.75 Å². The van der Waals surface area contributed by atoms with Crippen molar-refractivity contribution in [3.8, 4) is 11.5 Å². The largest absolute Gasteiger partial charge is 0.872 e. The summed E-state index contributed by atoms with van der Waals surface area (Å²) in [5, 5.41) is 20.0. The van der Waals surface area contributed by atoms with Gasteiger partial charge >= 0.3 is 12.1 Å². The second kappa shape index (κ2) is 4.18. The van der Waals surface area contributed by atoms with Gasteiger partial charge in [0, 0.05) is 5.56 Å². The first-order chi connectivity index (χ1) is 8.71. The van der Waals surface area contributed by atoms with Crippen molar-refractivity contribution in [1.82, 2.24) is 0 Å². The van der Waals surface area contributed by atoms with Crippen LogP contribution in [-0.4, -0.2) is 23.4 Å². The van der Waals surface area contributed by atoms with E-state index in [2.05, 4.69) is 4.74 Å². The van der Waals surface area contributed by atoms with E-state index in [4.69, 9.17) is 5.11 Å². The molecule has 0 amide bonds. The maximum Gasteiger partial charge on any atom is 0.430 e. The van der Waals surface area contributed by atoms with Gasteiger partial charge in [0.15, 0.2) is 0 Å². The molecule has 0 aromatic heterocycles. The van der Waals surface area contributed by atoms with E-state index in [0.717, 1.165) is 12.1 Å². The molecule has 0 fully saturated rings. The van der Waals surface area contributed by atoms with E-state index in [-0.39, 0.29) is 16.9 Å². The molecule has 1 heterocycles. The van der Waals surface area contributed by atoms with Crippen LogP contribution in [-0.2, 0) is 4.79 Å². The third-order valence-electron chi connectivity index (χ3n) is 2.80. The van der Waals surface area contributed by atoms with Crippen LogP contribution in [0.4, 0.5) is 13.2 Å². The quantitative estimate of drug-likeness (QED) is 0.849. The van der Waals surface area contributed by atoms with E-state index in [9.17, 15) is 23.1 Å². The van der Waals surface area contributed by atoms with Crippen LogP contribution in [0.2, 0.25) is 0 Å². The molecular formula is C12H8F3O4-. The minimum atomic E-state index is -4.87. The molecule has 19 heavy (non-hydrogen) atoms. The molecule has 0 radical (unpaired) electrons. The van der Waals surface area contributed by atoms with Crippen LogP contribution in [0, 0.1) is 0 Å². The van der Waals surface area contributed by atoms with Gasteiger partial charge in [-0.3, -0.25) is 0 Å². The average molecular weight is 273 g/mol. The zero-order valence-electron chi connectivity index (χ0n) is 9.62. The normalized spacial score (nSPS) is 18.8. The molecule has 1 aliphatic rings. The van der Waals surface area contributed by atoms with Crippen molar-refractivity contribution in [3.63, 3.8) is 0 Å². The van der Waals surface area contributed by atoms with Gasteiger partial charge in [-0.05, 0) is 18.6 Å². The molecule has 1 atom stereocenters. The van der Waals surface area contributed by atoms with Crippen LogP contribution >= 0.6 is 0 Å². The number of carbonyl (C=O) groups is 1. The predicted octanol–water partition coefficient (Wildman–Crippen LogP) is 1.94. The first-order valence-electron chi connectivity index (χ1n) is 5.20. The summed E-state index contributed by atoms with van der Waals surface area (Å²) in [7, 11) is 0. The fraction of sp³-hybridized carbons (Fsp3) is 0.250. The lowest BCUT2D eigenvalue weighted by Gasteiger charge is -2.30. The summed E-state index contributed by atoms with van der Waals surface area (Å²) >= 11 is 0. The molecule has 2 rings (SSSR count). The van der Waals surface area contributed by atoms with Crippen LogP contribution < -0.4 is 9.84 Å². The molecule has 102 valence electrons. The van der Waals surface area contributed by atoms with Gasteiger partial charge in [-0.2, -0.15) is 13.2 Å². The minimum Gasteiger partial charge on any atom is -0.872 e. The molecule has 1 unspecified atom stereocenters. The standard InChI is InChI=1S/C12H9F3O4/c1-5-7-3-2-6(16)4-8(7)19-10(12(13,14)15)9(5)11(17)18/h2-4,10,16H,1H3,(H,17,18)/p-1. The van der Waals surface area contributed by atoms with Gasteiger partial charge in [0.25, 0.3) is 0 Å². The van der Waals surface area contributed by atoms with Crippen molar-refractivity contribution in [1.29, 1.82) is 0 Å². The number of fused-ring (bicyclic) bond motifs is 1. The first-order valence-corrected chi connectivity index (χ1v) is 5.20. The van der Waals surface area contributed by atoms with Crippen molar-refractivity contribution in [2.24, 2.45) is 0 Å². The van der Waals surface area contributed by atoms with Gasteiger partial charge in [0.1, 0.15) is 5.75 Å². The summed E-state index contributed by atoms with van der Waals surface area (Å²) in [4.78, 5) is 11.0. The van der Waals surface area contributed by atoms with Crippen molar-refractivity contribution in [2.75, 3.05) is 0 Å². The van der Waals surface area contributed by atoms with Crippen molar-refractivity contribution in [2.45, 2.75) is 19.2 Å². The Balaban J connectivity index is 2.66. The van der Waals surface area contributed by atoms with E-state index in [1.165, 1.54) is 13.0 Å². The van der Waals surface area contributed by atoms with E-state index in [1.54, 1.807) is 0 Å². The van der Waals surface area contributed by atoms with Crippen LogP contribution in [0.25, 0.3) is 5.57 Å². The fourth-order valence-corrected chi connectivity index (χ4v) is 1.94. The molecule has 1 aromatic rings. The van der Waals surface area contributed by atoms with Crippen molar-refractivity contribution < 1.29 is 32.9 Å². The number of aliphatic carboxylic acids is 1. The third-order valence-corrected chi connectivity index (χ3v) is 2.80. The molecule has 4 nitrogen and oxygen atoms in total. The fourth-order valence-electron chi connectivity index (χ4n) is 1.94. The van der Waals surface area contributed by atoms with Crippen LogP contribution in [0.1, 0.15) is 12.5 Å². The number of hydrogen-bond acceptors (Lipinski definition) is 3. The Labute approximate surface area is 105 Å². The molecule has 0 saturated heterocycles. The highest BCUT2D eigenvalue weighted by Crippen LogP contribution is 2.42. The van der Waals surface area contributed by atoms with Crippen molar-refractivity contribution in [3.05, 3.63) is 29.3 Å². The number of allylic oxidation sites excluding steroid dienone is 1. The maximum atomic E-state index is 12.8. The molecule has 0 spiro atoms. The summed E-state index contributed by atoms with van der Waals surface area (Å²) in [5.41, 5.74) is -0.743. The van der Waals surface area contributed by atoms with Gasteiger partial charge in [-0.25, -0.2) is 4.79 Å². The molecule has 0 saturated carbocycles. The van der Waals surface area contributed by atoms with E-state index < -0.39 is 29.6 Å². The molecule has 0 aliphatic carbocycles. The van der Waals surface area contributed by atoms with Crippen LogP contribution in [0.5, 0.6) is 11.5 Å². The number of rotatable bonds is 1. The SMILES string of the molecule is CC1=C(C(=O)O)C(C(F)(F)F)Oc2cc([O-])ccc21. The highest BCUT2D eigenvalue weighted by Gasteiger charge is 2.49. The van der Waals surface area contributed by atoms with Gasteiger partial charge in [0.2, 0.25) is 6.10 Å². The number of carboxylic acids is 1. The third kappa shape index (κ3) is 2.23. The topological polar surface area (TPSA) is 69.6 Å². The highest BCUT2D eigenvalue weighted by atomic mass is 19.4. The zero-order valence-corrected chi connectivity index (χ0v) is 9.62. The lowest BCUT2D eigenvalue weighted by molar-refractivity contribution is -0.268. The number of hydrogen-bond donors (Lipinski definition) is 1. The Morgan fingerprint density at radius 2 is 2.05 bits per heavy atom. The Kier molecular flexibility index (Phi) is 2.92. The summed E-state index contributed by atoms with van der Waals surface area (Å²) in [6.45, 7) is 1.26. The Hall–Kier alpha value is -2.18. The zero-order chi connectivity index (χ0) is 14.4. The highest BCUT2D eigenvalue weighted by molar-refractivity contribution is 5.99. The van der Waals surface area contributed by atoms with E-state index >= 15 is 0 Å². The molecule has 1 aromatic carbocycles. The lowest BCUT2D eigenvalue weighted by atomic mass is 9.93. The Bertz CT molecular complexity index is 575. The van der Waals surface area contributed by atoms with Gasteiger partial charge < -0.3 is 14.9 Å². The molecular weight excluding hydrogens is 265 g/mol. The van der Waals surface area contributed by atoms with Gasteiger partial charge in [-0.1, -0.05) is 12.1 Å². The summed E-state index contributed by atoms with van der Waals surface area (Å²) in [6, 6.07) is 3.30. The van der Waals surface area contributed by atoms with E-state index in [0.29, 0.717) is 0 Å². The molecule has 1 aliphatic heterocycles. The summed E-state index contributed by atoms with van der Waals surface area (Å²) in [6.07, 6.45) is -7.44. The number of benzene rings is 1. The lowest BCUT2D eigenvalue weighted by Crippen LogP contribution is -2.41.